The first kappa shape index (κ1) is 24.3. The van der Waals surface area contributed by atoms with E-state index in [-0.39, 0.29) is 53.6 Å². The lowest BCUT2D eigenvalue weighted by molar-refractivity contribution is -0.163. The standard InChI is InChI=1S/C27H39FO5/c1-6-31-18-7-10-26(4)20-8-11-27(5)21(19(20)15-23(28)22(26)14-18)13-16(2)25(27)33-24(30)9-12-32-17(3)29/h14,16,19-21,25H,6-13,15H2,1-5H3/t16-,19-,20+,21+,25-,26-,27+/m1/s1. The minimum absolute atomic E-state index is 0.0226. The van der Waals surface area contributed by atoms with Crippen molar-refractivity contribution >= 4 is 11.9 Å². The Morgan fingerprint density at radius 1 is 1.21 bits per heavy atom. The van der Waals surface area contributed by atoms with E-state index < -0.39 is 5.97 Å². The number of hydrogen-bond acceptors (Lipinski definition) is 5. The zero-order chi connectivity index (χ0) is 24.0. The van der Waals surface area contributed by atoms with Gasteiger partial charge in [-0.25, -0.2) is 4.39 Å². The molecule has 6 heteroatoms. The van der Waals surface area contributed by atoms with Crippen LogP contribution < -0.4 is 0 Å². The van der Waals surface area contributed by atoms with Crippen LogP contribution in [0.4, 0.5) is 4.39 Å². The summed E-state index contributed by atoms with van der Waals surface area (Å²) in [7, 11) is 0. The number of ether oxygens (including phenoxy) is 3. The van der Waals surface area contributed by atoms with E-state index in [0.29, 0.717) is 24.9 Å². The van der Waals surface area contributed by atoms with Gasteiger partial charge in [-0.1, -0.05) is 20.8 Å². The van der Waals surface area contributed by atoms with Crippen LogP contribution in [0.15, 0.2) is 23.2 Å². The summed E-state index contributed by atoms with van der Waals surface area (Å²) in [6, 6.07) is 0. The number of hydrogen-bond donors (Lipinski definition) is 0. The Morgan fingerprint density at radius 3 is 2.67 bits per heavy atom. The molecule has 33 heavy (non-hydrogen) atoms. The fourth-order valence-corrected chi connectivity index (χ4v) is 7.72. The van der Waals surface area contributed by atoms with Gasteiger partial charge >= 0.3 is 11.9 Å². The van der Waals surface area contributed by atoms with Crippen LogP contribution in [-0.2, 0) is 23.8 Å². The zero-order valence-corrected chi connectivity index (χ0v) is 20.7. The first-order valence-electron chi connectivity index (χ1n) is 12.7. The molecule has 0 saturated heterocycles. The number of carbonyl (C=O) groups is 2. The molecule has 0 radical (unpaired) electrons. The van der Waals surface area contributed by atoms with Crippen LogP contribution in [-0.4, -0.2) is 31.3 Å². The van der Waals surface area contributed by atoms with Gasteiger partial charge in [0.25, 0.3) is 0 Å². The number of carbonyl (C=O) groups excluding carboxylic acids is 2. The summed E-state index contributed by atoms with van der Waals surface area (Å²) >= 11 is 0. The Labute approximate surface area is 197 Å². The van der Waals surface area contributed by atoms with E-state index in [1.165, 1.54) is 6.92 Å². The first-order chi connectivity index (χ1) is 15.6. The van der Waals surface area contributed by atoms with E-state index in [1.54, 1.807) is 0 Å². The monoisotopic (exact) mass is 462 g/mol. The fraction of sp³-hybridized carbons (Fsp3) is 0.778. The highest BCUT2D eigenvalue weighted by Gasteiger charge is 2.62. The molecule has 4 aliphatic carbocycles. The average Bonchev–Trinajstić information content (AvgIpc) is 2.99. The molecule has 0 aromatic rings. The molecule has 0 aliphatic heterocycles. The third kappa shape index (κ3) is 4.23. The van der Waals surface area contributed by atoms with E-state index in [9.17, 15) is 9.59 Å². The second kappa shape index (κ2) is 9.07. The number of rotatable bonds is 6. The molecule has 0 amide bonds. The third-order valence-electron chi connectivity index (χ3n) is 9.20. The van der Waals surface area contributed by atoms with Crippen LogP contribution in [0, 0.1) is 34.5 Å². The van der Waals surface area contributed by atoms with Crippen molar-refractivity contribution in [3.63, 3.8) is 0 Å². The van der Waals surface area contributed by atoms with Crippen LogP contribution in [0.3, 0.4) is 0 Å². The Hall–Kier alpha value is -1.85. The molecule has 0 N–H and O–H groups in total. The summed E-state index contributed by atoms with van der Waals surface area (Å²) in [5.74, 6) is 1.49. The third-order valence-corrected chi connectivity index (χ3v) is 9.20. The predicted octanol–water partition coefficient (Wildman–Crippen LogP) is 5.89. The van der Waals surface area contributed by atoms with Gasteiger partial charge in [0.05, 0.1) is 18.8 Å². The van der Waals surface area contributed by atoms with Gasteiger partial charge in [-0.05, 0) is 73.3 Å². The Kier molecular flexibility index (Phi) is 6.67. The molecule has 0 unspecified atom stereocenters. The minimum atomic E-state index is -0.395. The topological polar surface area (TPSA) is 61.8 Å². The second-order valence-electron chi connectivity index (χ2n) is 11.1. The molecule has 2 fully saturated rings. The molecule has 0 spiro atoms. The molecule has 0 aromatic heterocycles. The van der Waals surface area contributed by atoms with Crippen LogP contribution in [0.5, 0.6) is 0 Å². The molecule has 4 aliphatic rings. The van der Waals surface area contributed by atoms with Crippen LogP contribution in [0.2, 0.25) is 0 Å². The van der Waals surface area contributed by atoms with Gasteiger partial charge in [-0.15, -0.1) is 0 Å². The smallest absolute Gasteiger partial charge is 0.309 e. The van der Waals surface area contributed by atoms with Crippen molar-refractivity contribution in [2.75, 3.05) is 13.2 Å². The Balaban J connectivity index is 1.54. The maximum Gasteiger partial charge on any atom is 0.309 e. The summed E-state index contributed by atoms with van der Waals surface area (Å²) in [6.07, 6.45) is 7.12. The zero-order valence-electron chi connectivity index (χ0n) is 20.7. The van der Waals surface area contributed by atoms with Gasteiger partial charge in [0.1, 0.15) is 18.5 Å². The van der Waals surface area contributed by atoms with Crippen molar-refractivity contribution < 1.29 is 28.2 Å². The maximum absolute atomic E-state index is 15.6. The van der Waals surface area contributed by atoms with E-state index in [4.69, 9.17) is 14.2 Å². The van der Waals surface area contributed by atoms with Gasteiger partial charge < -0.3 is 14.2 Å². The summed E-state index contributed by atoms with van der Waals surface area (Å²) in [5.41, 5.74) is 0.561. The van der Waals surface area contributed by atoms with Crippen LogP contribution in [0.25, 0.3) is 0 Å². The lowest BCUT2D eigenvalue weighted by atomic mass is 9.48. The Bertz CT molecular complexity index is 863. The quantitative estimate of drug-likeness (QED) is 0.461. The minimum Gasteiger partial charge on any atom is -0.498 e. The van der Waals surface area contributed by atoms with Crippen molar-refractivity contribution in [3.05, 3.63) is 23.2 Å². The van der Waals surface area contributed by atoms with E-state index >= 15 is 4.39 Å². The first-order valence-corrected chi connectivity index (χ1v) is 12.7. The molecule has 0 heterocycles. The average molecular weight is 463 g/mol. The van der Waals surface area contributed by atoms with Crippen LogP contribution in [0.1, 0.15) is 79.6 Å². The van der Waals surface area contributed by atoms with E-state index in [2.05, 4.69) is 20.8 Å². The number of allylic oxidation sites excluding steroid dienone is 4. The summed E-state index contributed by atoms with van der Waals surface area (Å²) < 4.78 is 32.2. The molecule has 5 nitrogen and oxygen atoms in total. The molecular formula is C27H39FO5. The molecule has 0 aromatic carbocycles. The van der Waals surface area contributed by atoms with Crippen molar-refractivity contribution in [2.45, 2.75) is 85.7 Å². The molecule has 0 bridgehead atoms. The number of halogens is 1. The largest absolute Gasteiger partial charge is 0.498 e. The number of fused-ring (bicyclic) bond motifs is 5. The second-order valence-corrected chi connectivity index (χ2v) is 11.1. The predicted molar refractivity (Wildman–Crippen MR) is 123 cm³/mol. The van der Waals surface area contributed by atoms with Crippen molar-refractivity contribution in [2.24, 2.45) is 34.5 Å². The lowest BCUT2D eigenvalue weighted by Gasteiger charge is -2.56. The van der Waals surface area contributed by atoms with Crippen molar-refractivity contribution in [3.8, 4) is 0 Å². The molecular weight excluding hydrogens is 423 g/mol. The Morgan fingerprint density at radius 2 is 1.97 bits per heavy atom. The normalized spacial score (nSPS) is 39.7. The molecule has 7 atom stereocenters. The van der Waals surface area contributed by atoms with E-state index in [0.717, 1.165) is 43.4 Å². The van der Waals surface area contributed by atoms with Gasteiger partial charge in [0, 0.05) is 25.2 Å². The fourth-order valence-electron chi connectivity index (χ4n) is 7.72. The SMILES string of the molecule is CCOC1=CC2=C(F)C[C@H]3[C@@H]4C[C@@H](C)[C@@H](OC(=O)CCOC(C)=O)[C@@]4(C)CC[C@@H]3[C@@]2(C)CC1. The van der Waals surface area contributed by atoms with Gasteiger partial charge in [-0.2, -0.15) is 0 Å². The van der Waals surface area contributed by atoms with Gasteiger partial charge in [0.2, 0.25) is 0 Å². The van der Waals surface area contributed by atoms with Crippen molar-refractivity contribution in [1.29, 1.82) is 0 Å². The molecule has 2 saturated carbocycles. The number of esters is 2. The summed E-state index contributed by atoms with van der Waals surface area (Å²) in [5, 5.41) is 0. The van der Waals surface area contributed by atoms with Crippen LogP contribution >= 0.6 is 0 Å². The highest BCUT2D eigenvalue weighted by molar-refractivity contribution is 5.71. The maximum atomic E-state index is 15.6. The summed E-state index contributed by atoms with van der Waals surface area (Å²) in [6.45, 7) is 10.6. The van der Waals surface area contributed by atoms with Gasteiger partial charge in [-0.3, -0.25) is 9.59 Å². The highest BCUT2D eigenvalue weighted by atomic mass is 19.1. The van der Waals surface area contributed by atoms with E-state index in [1.807, 2.05) is 13.0 Å². The van der Waals surface area contributed by atoms with Gasteiger partial charge in [0.15, 0.2) is 0 Å². The lowest BCUT2D eigenvalue weighted by Crippen LogP contribution is -2.51. The highest BCUT2D eigenvalue weighted by Crippen LogP contribution is 2.67. The molecule has 4 rings (SSSR count). The van der Waals surface area contributed by atoms with Crippen molar-refractivity contribution in [1.82, 2.24) is 0 Å². The summed E-state index contributed by atoms with van der Waals surface area (Å²) in [4.78, 5) is 23.5. The molecule has 184 valence electrons.